The molecule has 1 unspecified atom stereocenters. The minimum absolute atomic E-state index is 0.292. The molecule has 0 bridgehead atoms. The molecule has 140 valence electrons. The summed E-state index contributed by atoms with van der Waals surface area (Å²) in [6.07, 6.45) is 7.83. The SMILES string of the molecule is Cc1cncc(-c2cc3c(cn2)cnn3-c2ccc3c(n2)CC(CN)CO3)n1. The highest BCUT2D eigenvalue weighted by atomic mass is 16.5. The second-order valence-electron chi connectivity index (χ2n) is 6.96. The van der Waals surface area contributed by atoms with Gasteiger partial charge in [-0.1, -0.05) is 0 Å². The summed E-state index contributed by atoms with van der Waals surface area (Å²) in [7, 11) is 0. The Labute approximate surface area is 161 Å². The molecule has 8 heteroatoms. The average Bonchev–Trinajstić information content (AvgIpc) is 3.16. The maximum atomic E-state index is 5.81. The van der Waals surface area contributed by atoms with Crippen molar-refractivity contribution in [1.82, 2.24) is 29.7 Å². The molecule has 0 fully saturated rings. The Kier molecular flexibility index (Phi) is 3.98. The third-order valence-corrected chi connectivity index (χ3v) is 4.89. The highest BCUT2D eigenvalue weighted by molar-refractivity contribution is 5.82. The summed E-state index contributed by atoms with van der Waals surface area (Å²) in [4.78, 5) is 18.0. The molecule has 0 spiro atoms. The number of nitrogens with two attached hydrogens (primary N) is 1. The van der Waals surface area contributed by atoms with Gasteiger partial charge in [0, 0.05) is 30.1 Å². The van der Waals surface area contributed by atoms with Gasteiger partial charge in [0.2, 0.25) is 0 Å². The zero-order valence-electron chi connectivity index (χ0n) is 15.4. The summed E-state index contributed by atoms with van der Waals surface area (Å²) < 4.78 is 7.59. The first-order chi connectivity index (χ1) is 13.7. The molecule has 2 N–H and O–H groups in total. The lowest BCUT2D eigenvalue weighted by molar-refractivity contribution is 0.223. The number of hydrogen-bond donors (Lipinski definition) is 1. The first-order valence-electron chi connectivity index (χ1n) is 9.17. The van der Waals surface area contributed by atoms with Gasteiger partial charge in [-0.2, -0.15) is 5.10 Å². The molecule has 8 nitrogen and oxygen atoms in total. The number of nitrogens with zero attached hydrogens (tertiary/aromatic N) is 6. The van der Waals surface area contributed by atoms with Gasteiger partial charge >= 0.3 is 0 Å². The van der Waals surface area contributed by atoms with Crippen LogP contribution in [0.25, 0.3) is 28.1 Å². The average molecular weight is 373 g/mol. The zero-order valence-corrected chi connectivity index (χ0v) is 15.4. The molecule has 1 atom stereocenters. The monoisotopic (exact) mass is 373 g/mol. The fourth-order valence-corrected chi connectivity index (χ4v) is 3.39. The van der Waals surface area contributed by atoms with Crippen molar-refractivity contribution in [2.75, 3.05) is 13.2 Å². The molecule has 5 rings (SSSR count). The van der Waals surface area contributed by atoms with Crippen molar-refractivity contribution in [1.29, 1.82) is 0 Å². The van der Waals surface area contributed by atoms with Gasteiger partial charge in [-0.25, -0.2) is 14.6 Å². The minimum Gasteiger partial charge on any atom is -0.491 e. The van der Waals surface area contributed by atoms with Crippen LogP contribution in [0.5, 0.6) is 5.75 Å². The smallest absolute Gasteiger partial charge is 0.154 e. The molecular formula is C20H19N7O. The van der Waals surface area contributed by atoms with Gasteiger partial charge in [0.15, 0.2) is 5.82 Å². The summed E-state index contributed by atoms with van der Waals surface area (Å²) in [5, 5.41) is 5.45. The molecule has 0 saturated heterocycles. The third kappa shape index (κ3) is 2.87. The second-order valence-corrected chi connectivity index (χ2v) is 6.96. The summed E-state index contributed by atoms with van der Waals surface area (Å²) in [5.74, 6) is 1.85. The van der Waals surface area contributed by atoms with Crippen molar-refractivity contribution >= 4 is 10.9 Å². The van der Waals surface area contributed by atoms with E-state index >= 15 is 0 Å². The quantitative estimate of drug-likeness (QED) is 0.586. The van der Waals surface area contributed by atoms with E-state index in [1.807, 2.05) is 29.8 Å². The number of rotatable bonds is 3. The van der Waals surface area contributed by atoms with E-state index in [4.69, 9.17) is 15.5 Å². The largest absolute Gasteiger partial charge is 0.491 e. The minimum atomic E-state index is 0.292. The van der Waals surface area contributed by atoms with Crippen molar-refractivity contribution in [3.63, 3.8) is 0 Å². The van der Waals surface area contributed by atoms with E-state index in [-0.39, 0.29) is 0 Å². The van der Waals surface area contributed by atoms with Gasteiger partial charge in [0.25, 0.3) is 0 Å². The Balaban J connectivity index is 1.59. The number of pyridine rings is 2. The molecule has 0 aliphatic carbocycles. The van der Waals surface area contributed by atoms with E-state index in [9.17, 15) is 0 Å². The lowest BCUT2D eigenvalue weighted by Crippen LogP contribution is -2.28. The first kappa shape index (κ1) is 16.8. The lowest BCUT2D eigenvalue weighted by Gasteiger charge is -2.23. The highest BCUT2D eigenvalue weighted by Crippen LogP contribution is 2.28. The predicted molar refractivity (Wildman–Crippen MR) is 104 cm³/mol. The van der Waals surface area contributed by atoms with E-state index in [1.54, 1.807) is 24.8 Å². The summed E-state index contributed by atoms with van der Waals surface area (Å²) in [6, 6.07) is 5.83. The maximum Gasteiger partial charge on any atom is 0.154 e. The number of ether oxygens (including phenoxy) is 1. The third-order valence-electron chi connectivity index (χ3n) is 4.89. The van der Waals surface area contributed by atoms with Crippen LogP contribution in [0.2, 0.25) is 0 Å². The van der Waals surface area contributed by atoms with Gasteiger partial charge in [-0.3, -0.25) is 9.97 Å². The number of hydrogen-bond acceptors (Lipinski definition) is 7. The molecule has 0 radical (unpaired) electrons. The standard InChI is InChI=1S/C20H19N7O/c1-12-7-22-10-17(25-12)15-5-18-14(8-23-15)9-24-27(18)20-3-2-19-16(26-20)4-13(6-21)11-28-19/h2-3,5,7-10,13H,4,6,11,21H2,1H3. The van der Waals surface area contributed by atoms with Crippen LogP contribution in [0.1, 0.15) is 11.4 Å². The van der Waals surface area contributed by atoms with E-state index in [2.05, 4.69) is 20.1 Å². The second kappa shape index (κ2) is 6.65. The van der Waals surface area contributed by atoms with E-state index in [0.29, 0.717) is 19.1 Å². The number of fused-ring (bicyclic) bond motifs is 2. The van der Waals surface area contributed by atoms with Gasteiger partial charge in [0.1, 0.15) is 11.4 Å². The summed E-state index contributed by atoms with van der Waals surface area (Å²) in [5.41, 5.74) is 9.96. The van der Waals surface area contributed by atoms with Crippen molar-refractivity contribution in [3.8, 4) is 23.0 Å². The van der Waals surface area contributed by atoms with Crippen LogP contribution in [0.4, 0.5) is 0 Å². The van der Waals surface area contributed by atoms with Gasteiger partial charge < -0.3 is 10.5 Å². The molecule has 5 heterocycles. The van der Waals surface area contributed by atoms with Crippen LogP contribution in [-0.4, -0.2) is 42.9 Å². The Morgan fingerprint density at radius 1 is 1.14 bits per heavy atom. The zero-order chi connectivity index (χ0) is 19.1. The first-order valence-corrected chi connectivity index (χ1v) is 9.17. The molecule has 0 aromatic carbocycles. The molecule has 1 aliphatic rings. The maximum absolute atomic E-state index is 5.81. The van der Waals surface area contributed by atoms with Gasteiger partial charge in [-0.05, 0) is 31.7 Å². The Hall–Kier alpha value is -3.39. The van der Waals surface area contributed by atoms with Crippen molar-refractivity contribution < 1.29 is 4.74 Å². The van der Waals surface area contributed by atoms with E-state index < -0.39 is 0 Å². The van der Waals surface area contributed by atoms with Crippen LogP contribution in [-0.2, 0) is 6.42 Å². The van der Waals surface area contributed by atoms with Gasteiger partial charge in [0.05, 0.1) is 41.6 Å². The predicted octanol–water partition coefficient (Wildman–Crippen LogP) is 2.09. The van der Waals surface area contributed by atoms with Crippen molar-refractivity contribution in [3.05, 3.63) is 54.4 Å². The molecule has 0 saturated carbocycles. The summed E-state index contributed by atoms with van der Waals surface area (Å²) >= 11 is 0. The fraction of sp³-hybridized carbons (Fsp3) is 0.250. The highest BCUT2D eigenvalue weighted by Gasteiger charge is 2.21. The van der Waals surface area contributed by atoms with Crippen LogP contribution < -0.4 is 10.5 Å². The van der Waals surface area contributed by atoms with Crippen molar-refractivity contribution in [2.45, 2.75) is 13.3 Å². The Morgan fingerprint density at radius 3 is 2.93 bits per heavy atom. The molecule has 0 amide bonds. The fourth-order valence-electron chi connectivity index (χ4n) is 3.39. The Morgan fingerprint density at radius 2 is 2.07 bits per heavy atom. The van der Waals surface area contributed by atoms with Crippen molar-refractivity contribution in [2.24, 2.45) is 11.7 Å². The Bertz CT molecular complexity index is 1170. The molecule has 1 aliphatic heterocycles. The van der Waals surface area contributed by atoms with E-state index in [0.717, 1.165) is 51.7 Å². The summed E-state index contributed by atoms with van der Waals surface area (Å²) in [6.45, 7) is 3.14. The molecule has 28 heavy (non-hydrogen) atoms. The molecule has 4 aromatic heterocycles. The van der Waals surface area contributed by atoms with Crippen LogP contribution in [0, 0.1) is 12.8 Å². The van der Waals surface area contributed by atoms with E-state index in [1.165, 1.54) is 0 Å². The molecule has 4 aromatic rings. The topological polar surface area (TPSA) is 105 Å². The van der Waals surface area contributed by atoms with Crippen LogP contribution in [0.15, 0.2) is 43.0 Å². The van der Waals surface area contributed by atoms with Gasteiger partial charge in [-0.15, -0.1) is 0 Å². The number of aryl methyl sites for hydroxylation is 1. The number of aromatic nitrogens is 6. The van der Waals surface area contributed by atoms with Crippen LogP contribution >= 0.6 is 0 Å². The molecular weight excluding hydrogens is 354 g/mol. The van der Waals surface area contributed by atoms with Crippen LogP contribution in [0.3, 0.4) is 0 Å². The lowest BCUT2D eigenvalue weighted by atomic mass is 10.0. The normalized spacial score (nSPS) is 16.0.